The molecule has 0 unspecified atom stereocenters. The van der Waals surface area contributed by atoms with Crippen LogP contribution in [-0.4, -0.2) is 29.9 Å². The molecule has 4 heteroatoms. The van der Waals surface area contributed by atoms with Crippen LogP contribution in [0.2, 0.25) is 5.02 Å². The van der Waals surface area contributed by atoms with Gasteiger partial charge in [-0.1, -0.05) is 48.4 Å². The lowest BCUT2D eigenvalue weighted by Gasteiger charge is -2.41. The fraction of sp³-hybridized carbons (Fsp3) is 0.350. The molecule has 0 saturated carbocycles. The molecule has 0 aromatic heterocycles. The monoisotopic (exact) mass is 340 g/mol. The van der Waals surface area contributed by atoms with Crippen LogP contribution in [0.1, 0.15) is 36.3 Å². The predicted octanol–water partition coefficient (Wildman–Crippen LogP) is 4.28. The zero-order valence-electron chi connectivity index (χ0n) is 13.5. The lowest BCUT2D eigenvalue weighted by molar-refractivity contribution is -0.122. The van der Waals surface area contributed by atoms with E-state index in [1.807, 2.05) is 36.4 Å². The van der Waals surface area contributed by atoms with Gasteiger partial charge in [-0.3, -0.25) is 9.69 Å². The van der Waals surface area contributed by atoms with Crippen molar-refractivity contribution in [3.63, 3.8) is 0 Å². The predicted molar refractivity (Wildman–Crippen MR) is 97.6 cm³/mol. The Morgan fingerprint density at radius 3 is 2.50 bits per heavy atom. The van der Waals surface area contributed by atoms with Crippen LogP contribution in [-0.2, 0) is 4.79 Å². The fourth-order valence-electron chi connectivity index (χ4n) is 4.03. The highest BCUT2D eigenvalue weighted by Gasteiger charge is 2.40. The second-order valence-corrected chi connectivity index (χ2v) is 7.09. The van der Waals surface area contributed by atoms with Crippen LogP contribution in [0.15, 0.2) is 48.5 Å². The highest BCUT2D eigenvalue weighted by atomic mass is 35.5. The summed E-state index contributed by atoms with van der Waals surface area (Å²) in [5.41, 5.74) is 3.17. The topological polar surface area (TPSA) is 32.3 Å². The van der Waals surface area contributed by atoms with Crippen LogP contribution >= 0.6 is 11.6 Å². The molecular formula is C20H21ClN2O. The van der Waals surface area contributed by atoms with Crippen LogP contribution < -0.4 is 5.32 Å². The maximum absolute atomic E-state index is 12.9. The number of benzene rings is 2. The van der Waals surface area contributed by atoms with Gasteiger partial charge in [0.2, 0.25) is 5.91 Å². The molecule has 1 N–H and O–H groups in total. The number of anilines is 1. The molecule has 2 aromatic carbocycles. The summed E-state index contributed by atoms with van der Waals surface area (Å²) in [6, 6.07) is 15.9. The molecule has 0 spiro atoms. The van der Waals surface area contributed by atoms with Gasteiger partial charge < -0.3 is 5.32 Å². The molecule has 24 heavy (non-hydrogen) atoms. The number of nitrogens with zero attached hydrogens (tertiary/aromatic N) is 1. The van der Waals surface area contributed by atoms with Crippen molar-refractivity contribution in [1.29, 1.82) is 0 Å². The van der Waals surface area contributed by atoms with Crippen LogP contribution in [0.3, 0.4) is 0 Å². The van der Waals surface area contributed by atoms with E-state index in [4.69, 9.17) is 11.6 Å². The molecular weight excluding hydrogens is 320 g/mol. The number of nitrogens with one attached hydrogen (secondary N) is 1. The number of amides is 1. The zero-order chi connectivity index (χ0) is 16.5. The smallest absolute Gasteiger partial charge is 0.242 e. The van der Waals surface area contributed by atoms with Crippen LogP contribution in [0.25, 0.3) is 0 Å². The van der Waals surface area contributed by atoms with Gasteiger partial charge >= 0.3 is 0 Å². The largest absolute Gasteiger partial charge is 0.324 e. The molecule has 2 aromatic rings. The summed E-state index contributed by atoms with van der Waals surface area (Å²) >= 11 is 6.27. The highest BCUT2D eigenvalue weighted by molar-refractivity contribution is 6.30. The van der Waals surface area contributed by atoms with Gasteiger partial charge in [0.05, 0.1) is 0 Å². The first-order valence-corrected chi connectivity index (χ1v) is 9.01. The minimum absolute atomic E-state index is 0.0201. The Balaban J connectivity index is 1.83. The first-order valence-electron chi connectivity index (χ1n) is 8.63. The molecule has 124 valence electrons. The summed E-state index contributed by atoms with van der Waals surface area (Å²) in [4.78, 5) is 15.3. The van der Waals surface area contributed by atoms with Crippen molar-refractivity contribution in [1.82, 2.24) is 4.90 Å². The van der Waals surface area contributed by atoms with Gasteiger partial charge in [0, 0.05) is 16.6 Å². The lowest BCUT2D eigenvalue weighted by atomic mass is 9.80. The number of carbonyl (C=O) groups excluding carboxylic acids is 1. The van der Waals surface area contributed by atoms with E-state index in [9.17, 15) is 4.79 Å². The Labute approximate surface area is 147 Å². The van der Waals surface area contributed by atoms with Gasteiger partial charge in [0.25, 0.3) is 0 Å². The lowest BCUT2D eigenvalue weighted by Crippen LogP contribution is -2.52. The van der Waals surface area contributed by atoms with Gasteiger partial charge in [0.15, 0.2) is 0 Å². The third-order valence-corrected chi connectivity index (χ3v) is 5.37. The number of likely N-dealkylation sites (tertiary alicyclic amines) is 1. The fourth-order valence-corrected chi connectivity index (χ4v) is 4.21. The second-order valence-electron chi connectivity index (χ2n) is 6.65. The average molecular weight is 341 g/mol. The van der Waals surface area contributed by atoms with Crippen molar-refractivity contribution < 1.29 is 4.79 Å². The summed E-state index contributed by atoms with van der Waals surface area (Å²) in [6.07, 6.45) is 3.57. The van der Waals surface area contributed by atoms with E-state index in [1.165, 1.54) is 12.0 Å². The average Bonchev–Trinajstić information content (AvgIpc) is 2.62. The number of rotatable bonds is 2. The number of halogens is 1. The van der Waals surface area contributed by atoms with Gasteiger partial charge in [0.1, 0.15) is 6.04 Å². The SMILES string of the molecule is O=C1Nc2ccc(Cl)cc2[C@@H](c2ccccc2)[C@H]1N1CCCCC1. The third-order valence-electron chi connectivity index (χ3n) is 5.13. The summed E-state index contributed by atoms with van der Waals surface area (Å²) in [6.45, 7) is 1.97. The van der Waals surface area contributed by atoms with Crippen LogP contribution in [0.5, 0.6) is 0 Å². The molecule has 2 aliphatic heterocycles. The maximum Gasteiger partial charge on any atom is 0.242 e. The highest BCUT2D eigenvalue weighted by Crippen LogP contribution is 2.41. The summed E-state index contributed by atoms with van der Waals surface area (Å²) < 4.78 is 0. The van der Waals surface area contributed by atoms with Crippen molar-refractivity contribution in [2.24, 2.45) is 0 Å². The third kappa shape index (κ3) is 2.83. The minimum atomic E-state index is -0.168. The van der Waals surface area contributed by atoms with Gasteiger partial charge in [-0.2, -0.15) is 0 Å². The van der Waals surface area contributed by atoms with Gasteiger partial charge in [-0.15, -0.1) is 0 Å². The quantitative estimate of drug-likeness (QED) is 0.885. The molecule has 0 radical (unpaired) electrons. The molecule has 2 aliphatic rings. The first kappa shape index (κ1) is 15.7. The van der Waals surface area contributed by atoms with Crippen LogP contribution in [0, 0.1) is 0 Å². The summed E-state index contributed by atoms with van der Waals surface area (Å²) in [5, 5.41) is 3.81. The number of hydrogen-bond acceptors (Lipinski definition) is 2. The van der Waals surface area contributed by atoms with E-state index in [-0.39, 0.29) is 17.9 Å². The van der Waals surface area contributed by atoms with E-state index < -0.39 is 0 Å². The Morgan fingerprint density at radius 1 is 1.00 bits per heavy atom. The molecule has 1 fully saturated rings. The summed E-state index contributed by atoms with van der Waals surface area (Å²) in [5.74, 6) is 0.118. The molecule has 0 aliphatic carbocycles. The number of hydrogen-bond donors (Lipinski definition) is 1. The Hall–Kier alpha value is -1.84. The maximum atomic E-state index is 12.9. The van der Waals surface area contributed by atoms with E-state index in [1.54, 1.807) is 0 Å². The van der Waals surface area contributed by atoms with Crippen molar-refractivity contribution >= 4 is 23.2 Å². The molecule has 3 nitrogen and oxygen atoms in total. The van der Waals surface area contributed by atoms with E-state index in [0.29, 0.717) is 5.02 Å². The number of fused-ring (bicyclic) bond motifs is 1. The Kier molecular flexibility index (Phi) is 4.30. The minimum Gasteiger partial charge on any atom is -0.324 e. The molecule has 2 heterocycles. The first-order chi connectivity index (χ1) is 11.7. The number of piperidine rings is 1. The molecule has 0 bridgehead atoms. The molecule has 2 atom stereocenters. The zero-order valence-corrected chi connectivity index (χ0v) is 14.3. The van der Waals surface area contributed by atoms with Crippen molar-refractivity contribution in [2.75, 3.05) is 18.4 Å². The second kappa shape index (κ2) is 6.58. The Bertz CT molecular complexity index is 741. The van der Waals surface area contributed by atoms with E-state index >= 15 is 0 Å². The van der Waals surface area contributed by atoms with E-state index in [0.717, 1.165) is 37.2 Å². The van der Waals surface area contributed by atoms with Gasteiger partial charge in [-0.05, 0) is 55.3 Å². The molecule has 4 rings (SSSR count). The van der Waals surface area contributed by atoms with Crippen molar-refractivity contribution in [2.45, 2.75) is 31.2 Å². The van der Waals surface area contributed by atoms with Crippen molar-refractivity contribution in [3.05, 3.63) is 64.7 Å². The van der Waals surface area contributed by atoms with E-state index in [2.05, 4.69) is 22.3 Å². The number of carbonyl (C=O) groups is 1. The standard InChI is InChI=1S/C20H21ClN2O/c21-15-9-10-17-16(13-15)18(14-7-3-1-4-8-14)19(20(24)22-17)23-11-5-2-6-12-23/h1,3-4,7-10,13,18-19H,2,5-6,11-12H2,(H,22,24)/t18-,19-/m1/s1. The summed E-state index contributed by atoms with van der Waals surface area (Å²) in [7, 11) is 0. The van der Waals surface area contributed by atoms with Gasteiger partial charge in [-0.25, -0.2) is 0 Å². The normalized spacial score (nSPS) is 24.3. The van der Waals surface area contributed by atoms with Crippen molar-refractivity contribution in [3.8, 4) is 0 Å². The molecule has 1 saturated heterocycles. The molecule has 1 amide bonds. The van der Waals surface area contributed by atoms with Crippen LogP contribution in [0.4, 0.5) is 5.69 Å². The Morgan fingerprint density at radius 2 is 1.75 bits per heavy atom.